The van der Waals surface area contributed by atoms with Crippen LogP contribution in [0.15, 0.2) is 23.1 Å². The van der Waals surface area contributed by atoms with E-state index in [9.17, 15) is 8.42 Å². The van der Waals surface area contributed by atoms with E-state index in [0.29, 0.717) is 5.02 Å². The van der Waals surface area contributed by atoms with Crippen LogP contribution < -0.4 is 0 Å². The molecule has 0 heterocycles. The van der Waals surface area contributed by atoms with Crippen molar-refractivity contribution in [3.63, 3.8) is 0 Å². The number of benzene rings is 1. The van der Waals surface area contributed by atoms with E-state index in [1.165, 1.54) is 18.2 Å². The van der Waals surface area contributed by atoms with Crippen LogP contribution in [0.1, 0.15) is 0 Å². The molecule has 0 atom stereocenters. The van der Waals surface area contributed by atoms with Crippen molar-refractivity contribution in [2.75, 3.05) is 7.11 Å². The van der Waals surface area contributed by atoms with Crippen LogP contribution in [0.25, 0.3) is 0 Å². The first-order chi connectivity index (χ1) is 5.97. The lowest BCUT2D eigenvalue weighted by Gasteiger charge is -2.03. The fraction of sp³-hybridized carbons (Fsp3) is 0.143. The third-order valence-corrected chi connectivity index (χ3v) is 3.38. The van der Waals surface area contributed by atoms with Gasteiger partial charge in [-0.2, -0.15) is 8.42 Å². The molecule has 0 N–H and O–H groups in total. The molecule has 1 aromatic rings. The minimum Gasteiger partial charge on any atom is -0.270 e. The van der Waals surface area contributed by atoms with Gasteiger partial charge in [0.15, 0.2) is 0 Å². The largest absolute Gasteiger partial charge is 0.298 e. The second-order valence-corrected chi connectivity index (χ2v) is 4.72. The van der Waals surface area contributed by atoms with Gasteiger partial charge in [0.1, 0.15) is 4.90 Å². The molecular formula is C7H6Cl2O3S. The Hall–Kier alpha value is -0.290. The standard InChI is InChI=1S/C7H6Cl2O3S/c1-12-13(10,11)7-3-2-5(8)4-6(7)9/h2-4H,1H3. The summed E-state index contributed by atoms with van der Waals surface area (Å²) in [6.07, 6.45) is 0. The van der Waals surface area contributed by atoms with Crippen LogP contribution in [0.4, 0.5) is 0 Å². The van der Waals surface area contributed by atoms with E-state index >= 15 is 0 Å². The Labute approximate surface area is 86.4 Å². The zero-order chi connectivity index (χ0) is 10.1. The van der Waals surface area contributed by atoms with Gasteiger partial charge in [0.25, 0.3) is 10.1 Å². The van der Waals surface area contributed by atoms with E-state index in [1.807, 2.05) is 0 Å². The molecule has 0 saturated heterocycles. The first-order valence-electron chi connectivity index (χ1n) is 3.23. The van der Waals surface area contributed by atoms with Gasteiger partial charge in [0.05, 0.1) is 12.1 Å². The highest BCUT2D eigenvalue weighted by atomic mass is 35.5. The number of hydrogen-bond donors (Lipinski definition) is 0. The molecule has 1 rings (SSSR count). The third-order valence-electron chi connectivity index (χ3n) is 1.38. The van der Waals surface area contributed by atoms with Crippen molar-refractivity contribution in [2.24, 2.45) is 0 Å². The molecule has 0 fully saturated rings. The minimum absolute atomic E-state index is 0.0503. The van der Waals surface area contributed by atoms with Crippen LogP contribution in [0.3, 0.4) is 0 Å². The van der Waals surface area contributed by atoms with E-state index in [-0.39, 0.29) is 9.92 Å². The van der Waals surface area contributed by atoms with Crippen molar-refractivity contribution in [3.05, 3.63) is 28.2 Å². The monoisotopic (exact) mass is 240 g/mol. The number of halogens is 2. The molecule has 0 aliphatic heterocycles. The van der Waals surface area contributed by atoms with Crippen LogP contribution in [0, 0.1) is 0 Å². The molecule has 0 saturated carbocycles. The van der Waals surface area contributed by atoms with Gasteiger partial charge in [-0.05, 0) is 18.2 Å². The molecule has 0 spiro atoms. The maximum absolute atomic E-state index is 11.2. The lowest BCUT2D eigenvalue weighted by atomic mass is 10.4. The highest BCUT2D eigenvalue weighted by molar-refractivity contribution is 7.86. The van der Waals surface area contributed by atoms with E-state index in [2.05, 4.69) is 4.18 Å². The van der Waals surface area contributed by atoms with E-state index in [0.717, 1.165) is 7.11 Å². The fourth-order valence-electron chi connectivity index (χ4n) is 0.768. The van der Waals surface area contributed by atoms with Crippen molar-refractivity contribution in [3.8, 4) is 0 Å². The molecule has 72 valence electrons. The maximum atomic E-state index is 11.2. The van der Waals surface area contributed by atoms with Crippen molar-refractivity contribution >= 4 is 33.3 Å². The number of rotatable bonds is 2. The molecule has 1 aromatic carbocycles. The molecule has 0 unspecified atom stereocenters. The van der Waals surface area contributed by atoms with Crippen molar-refractivity contribution < 1.29 is 12.6 Å². The maximum Gasteiger partial charge on any atom is 0.298 e. The van der Waals surface area contributed by atoms with Gasteiger partial charge in [-0.3, -0.25) is 4.18 Å². The summed E-state index contributed by atoms with van der Waals surface area (Å²) in [5, 5.41) is 0.425. The summed E-state index contributed by atoms with van der Waals surface area (Å²) in [5.74, 6) is 0. The molecule has 0 bridgehead atoms. The second kappa shape index (κ2) is 3.84. The summed E-state index contributed by atoms with van der Waals surface area (Å²) >= 11 is 11.2. The lowest BCUT2D eigenvalue weighted by molar-refractivity contribution is 0.398. The van der Waals surface area contributed by atoms with Gasteiger partial charge in [-0.15, -0.1) is 0 Å². The van der Waals surface area contributed by atoms with Gasteiger partial charge < -0.3 is 0 Å². The molecule has 0 radical (unpaired) electrons. The first-order valence-corrected chi connectivity index (χ1v) is 5.39. The van der Waals surface area contributed by atoms with Crippen LogP contribution in [-0.4, -0.2) is 15.5 Å². The Balaban J connectivity index is 3.33. The molecule has 0 amide bonds. The van der Waals surface area contributed by atoms with Gasteiger partial charge in [-0.25, -0.2) is 0 Å². The normalized spacial score (nSPS) is 11.6. The highest BCUT2D eigenvalue weighted by Crippen LogP contribution is 2.25. The Morgan fingerprint density at radius 1 is 1.31 bits per heavy atom. The molecule has 0 aromatic heterocycles. The SMILES string of the molecule is COS(=O)(=O)c1ccc(Cl)cc1Cl. The quantitative estimate of drug-likeness (QED) is 0.746. The van der Waals surface area contributed by atoms with Crippen molar-refractivity contribution in [2.45, 2.75) is 4.90 Å². The summed E-state index contributed by atoms with van der Waals surface area (Å²) in [7, 11) is -2.67. The summed E-state index contributed by atoms with van der Waals surface area (Å²) in [6, 6.07) is 4.07. The molecule has 13 heavy (non-hydrogen) atoms. The van der Waals surface area contributed by atoms with E-state index in [4.69, 9.17) is 23.2 Å². The average Bonchev–Trinajstić information content (AvgIpc) is 2.03. The summed E-state index contributed by atoms with van der Waals surface area (Å²) in [4.78, 5) is -0.0823. The third kappa shape index (κ3) is 2.34. The minimum atomic E-state index is -3.74. The molecule has 6 heteroatoms. The van der Waals surface area contributed by atoms with Crippen LogP contribution >= 0.6 is 23.2 Å². The average molecular weight is 241 g/mol. The smallest absolute Gasteiger partial charge is 0.270 e. The Bertz CT molecular complexity index is 414. The van der Waals surface area contributed by atoms with Crippen molar-refractivity contribution in [1.29, 1.82) is 0 Å². The zero-order valence-electron chi connectivity index (χ0n) is 6.62. The first kappa shape index (κ1) is 10.8. The molecular weight excluding hydrogens is 235 g/mol. The predicted molar refractivity (Wildman–Crippen MR) is 50.7 cm³/mol. The second-order valence-electron chi connectivity index (χ2n) is 2.20. The summed E-state index contributed by atoms with van der Waals surface area (Å²) in [5.41, 5.74) is 0. The highest BCUT2D eigenvalue weighted by Gasteiger charge is 2.16. The lowest BCUT2D eigenvalue weighted by Crippen LogP contribution is -2.03. The van der Waals surface area contributed by atoms with E-state index in [1.54, 1.807) is 0 Å². The predicted octanol–water partition coefficient (Wildman–Crippen LogP) is 2.33. The van der Waals surface area contributed by atoms with Gasteiger partial charge >= 0.3 is 0 Å². The number of hydrogen-bond acceptors (Lipinski definition) is 3. The molecule has 3 nitrogen and oxygen atoms in total. The topological polar surface area (TPSA) is 43.4 Å². The Morgan fingerprint density at radius 2 is 1.92 bits per heavy atom. The molecule has 0 aliphatic carbocycles. The van der Waals surface area contributed by atoms with E-state index < -0.39 is 10.1 Å². The van der Waals surface area contributed by atoms with Gasteiger partial charge in [0, 0.05) is 5.02 Å². The zero-order valence-corrected chi connectivity index (χ0v) is 8.95. The Kier molecular flexibility index (Phi) is 3.18. The van der Waals surface area contributed by atoms with Crippen molar-refractivity contribution in [1.82, 2.24) is 0 Å². The summed E-state index contributed by atoms with van der Waals surface area (Å²) < 4.78 is 26.7. The summed E-state index contributed by atoms with van der Waals surface area (Å²) in [6.45, 7) is 0. The van der Waals surface area contributed by atoms with Gasteiger partial charge in [0.2, 0.25) is 0 Å². The fourth-order valence-corrected chi connectivity index (χ4v) is 2.17. The molecule has 0 aliphatic rings. The van der Waals surface area contributed by atoms with Crippen LogP contribution in [0.5, 0.6) is 0 Å². The van der Waals surface area contributed by atoms with Crippen LogP contribution in [0.2, 0.25) is 10.0 Å². The Morgan fingerprint density at radius 3 is 2.38 bits per heavy atom. The van der Waals surface area contributed by atoms with Crippen LogP contribution in [-0.2, 0) is 14.3 Å². The van der Waals surface area contributed by atoms with Gasteiger partial charge in [-0.1, -0.05) is 23.2 Å².